The fraction of sp³-hybridized carbons (Fsp3) is 0.565. The fourth-order valence-electron chi connectivity index (χ4n) is 4.89. The number of carbonyl (C=O) groups is 2. The molecule has 1 aliphatic heterocycles. The molecule has 1 heterocycles. The van der Waals surface area contributed by atoms with E-state index in [-0.39, 0.29) is 35.2 Å². The number of fused-ring (bicyclic) bond motifs is 2. The fourth-order valence-corrected chi connectivity index (χ4v) is 4.89. The van der Waals surface area contributed by atoms with Crippen LogP contribution in [-0.4, -0.2) is 32.3 Å². The molecule has 1 aliphatic carbocycles. The second kappa shape index (κ2) is 8.19. The highest BCUT2D eigenvalue weighted by atomic mass is 16.6. The Hall–Kier alpha value is -2.34. The molecule has 2 bridgehead atoms. The summed E-state index contributed by atoms with van der Waals surface area (Å²) in [5, 5.41) is 0. The van der Waals surface area contributed by atoms with Crippen LogP contribution >= 0.6 is 0 Å². The van der Waals surface area contributed by atoms with Crippen LogP contribution in [0.1, 0.15) is 46.3 Å². The van der Waals surface area contributed by atoms with E-state index in [0.29, 0.717) is 24.7 Å². The van der Waals surface area contributed by atoms with E-state index in [4.69, 9.17) is 18.9 Å². The first-order chi connectivity index (χ1) is 13.7. The smallest absolute Gasteiger partial charge is 0.308 e. The number of rotatable bonds is 5. The lowest BCUT2D eigenvalue weighted by Gasteiger charge is -2.55. The second-order valence-electron chi connectivity index (χ2n) is 8.26. The van der Waals surface area contributed by atoms with E-state index in [1.54, 1.807) is 13.2 Å². The molecule has 1 saturated heterocycles. The quantitative estimate of drug-likeness (QED) is 0.420. The first kappa shape index (κ1) is 21.4. The lowest BCUT2D eigenvalue weighted by Crippen LogP contribution is -2.54. The number of benzene rings is 1. The van der Waals surface area contributed by atoms with Gasteiger partial charge < -0.3 is 18.9 Å². The minimum Gasteiger partial charge on any atom is -0.493 e. The number of methoxy groups -OCH3 is 1. The van der Waals surface area contributed by atoms with Crippen molar-refractivity contribution in [1.29, 1.82) is 0 Å². The third kappa shape index (κ3) is 3.90. The molecule has 1 aromatic rings. The summed E-state index contributed by atoms with van der Waals surface area (Å²) in [6.45, 7) is 10.2. The zero-order valence-corrected chi connectivity index (χ0v) is 18.0. The van der Waals surface area contributed by atoms with Gasteiger partial charge >= 0.3 is 11.9 Å². The van der Waals surface area contributed by atoms with E-state index in [1.165, 1.54) is 19.4 Å². The summed E-state index contributed by atoms with van der Waals surface area (Å²) in [6, 6.07) is 5.54. The highest BCUT2D eigenvalue weighted by molar-refractivity contribution is 5.70. The van der Waals surface area contributed by atoms with Crippen LogP contribution in [0.3, 0.4) is 0 Å². The molecule has 1 fully saturated rings. The van der Waals surface area contributed by atoms with Crippen molar-refractivity contribution in [1.82, 2.24) is 0 Å². The molecule has 0 aromatic heterocycles. The van der Waals surface area contributed by atoms with Gasteiger partial charge in [-0.05, 0) is 36.5 Å². The van der Waals surface area contributed by atoms with Gasteiger partial charge in [0.15, 0.2) is 11.5 Å². The van der Waals surface area contributed by atoms with Gasteiger partial charge in [-0.15, -0.1) is 0 Å². The predicted molar refractivity (Wildman–Crippen MR) is 108 cm³/mol. The average Bonchev–Trinajstić information content (AvgIpc) is 2.65. The molecular weight excluding hydrogens is 372 g/mol. The van der Waals surface area contributed by atoms with Gasteiger partial charge in [-0.1, -0.05) is 31.6 Å². The van der Waals surface area contributed by atoms with Crippen LogP contribution in [0.25, 0.3) is 0 Å². The maximum Gasteiger partial charge on any atom is 0.308 e. The minimum atomic E-state index is -0.395. The lowest BCUT2D eigenvalue weighted by atomic mass is 9.56. The molecule has 0 unspecified atom stereocenters. The standard InChI is InChI=1S/C23H30O6/c1-13-9-14(2)23(11-27-16(4)24)12-28-22(21(13)15(23)3)18-7-8-19(29-17(5)25)20(10-18)26-6/h7-10,14-15,21-22H,11-12H2,1-6H3/t14-,15+,21-,22+,23+/m0/s1. The minimum absolute atomic E-state index is 0.153. The van der Waals surface area contributed by atoms with Gasteiger partial charge in [-0.25, -0.2) is 0 Å². The molecule has 2 aliphatic rings. The Bertz CT molecular complexity index is 829. The van der Waals surface area contributed by atoms with E-state index in [0.717, 1.165) is 5.56 Å². The summed E-state index contributed by atoms with van der Waals surface area (Å²) in [5.74, 6) is 0.885. The Kier molecular flexibility index (Phi) is 6.03. The molecule has 6 heteroatoms. The third-order valence-corrected chi connectivity index (χ3v) is 6.56. The zero-order chi connectivity index (χ0) is 21.3. The van der Waals surface area contributed by atoms with Gasteiger partial charge in [0, 0.05) is 25.2 Å². The van der Waals surface area contributed by atoms with Crippen LogP contribution < -0.4 is 9.47 Å². The maximum absolute atomic E-state index is 11.5. The number of hydrogen-bond donors (Lipinski definition) is 0. The van der Waals surface area contributed by atoms with Gasteiger partial charge in [0.1, 0.15) is 0 Å². The van der Waals surface area contributed by atoms with Gasteiger partial charge in [-0.3, -0.25) is 9.59 Å². The molecule has 158 valence electrons. The van der Waals surface area contributed by atoms with Crippen molar-refractivity contribution in [3.8, 4) is 11.5 Å². The van der Waals surface area contributed by atoms with Crippen LogP contribution in [0.4, 0.5) is 0 Å². The van der Waals surface area contributed by atoms with E-state index in [2.05, 4.69) is 26.8 Å². The van der Waals surface area contributed by atoms with E-state index in [9.17, 15) is 9.59 Å². The summed E-state index contributed by atoms with van der Waals surface area (Å²) in [6.07, 6.45) is 2.13. The first-order valence-corrected chi connectivity index (χ1v) is 9.99. The number of esters is 2. The van der Waals surface area contributed by atoms with Crippen molar-refractivity contribution in [2.24, 2.45) is 23.2 Å². The highest BCUT2D eigenvalue weighted by Gasteiger charge is 2.54. The Morgan fingerprint density at radius 3 is 2.52 bits per heavy atom. The Morgan fingerprint density at radius 2 is 1.90 bits per heavy atom. The summed E-state index contributed by atoms with van der Waals surface area (Å²) >= 11 is 0. The summed E-state index contributed by atoms with van der Waals surface area (Å²) in [4.78, 5) is 22.8. The van der Waals surface area contributed by atoms with Crippen LogP contribution in [0.2, 0.25) is 0 Å². The van der Waals surface area contributed by atoms with Gasteiger partial charge in [0.2, 0.25) is 0 Å². The lowest BCUT2D eigenvalue weighted by molar-refractivity contribution is -0.180. The largest absolute Gasteiger partial charge is 0.493 e. The molecule has 5 atom stereocenters. The monoisotopic (exact) mass is 402 g/mol. The topological polar surface area (TPSA) is 71.1 Å². The number of ether oxygens (including phenoxy) is 4. The van der Waals surface area contributed by atoms with Crippen LogP contribution in [0, 0.1) is 23.2 Å². The zero-order valence-electron chi connectivity index (χ0n) is 18.0. The van der Waals surface area contributed by atoms with Crippen molar-refractivity contribution >= 4 is 11.9 Å². The SMILES string of the molecule is COc1cc([C@H]2OC[C@@]3(COC(C)=O)[C@H](C)[C@@H]2C(C)=C[C@@H]3C)ccc1OC(C)=O. The summed E-state index contributed by atoms with van der Waals surface area (Å²) < 4.78 is 22.5. The van der Waals surface area contributed by atoms with E-state index < -0.39 is 5.97 Å². The molecule has 1 aromatic carbocycles. The van der Waals surface area contributed by atoms with Crippen molar-refractivity contribution in [3.05, 3.63) is 35.4 Å². The predicted octanol–water partition coefficient (Wildman–Crippen LogP) is 4.09. The van der Waals surface area contributed by atoms with Gasteiger partial charge in [-0.2, -0.15) is 0 Å². The number of allylic oxidation sites excluding steroid dienone is 1. The number of hydrogen-bond acceptors (Lipinski definition) is 6. The van der Waals surface area contributed by atoms with E-state index >= 15 is 0 Å². The van der Waals surface area contributed by atoms with Crippen molar-refractivity contribution < 1.29 is 28.5 Å². The van der Waals surface area contributed by atoms with Gasteiger partial charge in [0.25, 0.3) is 0 Å². The molecule has 0 spiro atoms. The van der Waals surface area contributed by atoms with E-state index in [1.807, 2.05) is 12.1 Å². The summed E-state index contributed by atoms with van der Waals surface area (Å²) in [7, 11) is 1.55. The second-order valence-corrected chi connectivity index (χ2v) is 8.26. The van der Waals surface area contributed by atoms with Gasteiger partial charge in [0.05, 0.1) is 26.4 Å². The Labute approximate surface area is 172 Å². The van der Waals surface area contributed by atoms with Crippen LogP contribution in [-0.2, 0) is 19.1 Å². The molecule has 0 saturated carbocycles. The molecule has 0 radical (unpaired) electrons. The van der Waals surface area contributed by atoms with Crippen LogP contribution in [0.15, 0.2) is 29.8 Å². The van der Waals surface area contributed by atoms with Crippen LogP contribution in [0.5, 0.6) is 11.5 Å². The van der Waals surface area contributed by atoms with Crippen molar-refractivity contribution in [3.63, 3.8) is 0 Å². The van der Waals surface area contributed by atoms with Crippen molar-refractivity contribution in [2.75, 3.05) is 20.3 Å². The molecule has 29 heavy (non-hydrogen) atoms. The number of carbonyl (C=O) groups excluding carboxylic acids is 2. The summed E-state index contributed by atoms with van der Waals surface area (Å²) in [5.41, 5.74) is 2.00. The molecule has 0 N–H and O–H groups in total. The normalized spacial score (nSPS) is 30.9. The molecular formula is C23H30O6. The molecule has 0 amide bonds. The first-order valence-electron chi connectivity index (χ1n) is 9.99. The van der Waals surface area contributed by atoms with Crippen molar-refractivity contribution in [2.45, 2.75) is 40.7 Å². The maximum atomic E-state index is 11.5. The average molecular weight is 402 g/mol. The Morgan fingerprint density at radius 1 is 1.17 bits per heavy atom. The molecule has 3 rings (SSSR count). The third-order valence-electron chi connectivity index (χ3n) is 6.56. The Balaban J connectivity index is 1.95. The highest BCUT2D eigenvalue weighted by Crippen LogP contribution is 2.56. The molecule has 6 nitrogen and oxygen atoms in total.